The highest BCUT2D eigenvalue weighted by atomic mass is 32.2. The first-order valence-electron chi connectivity index (χ1n) is 4.98. The summed E-state index contributed by atoms with van der Waals surface area (Å²) in [5.74, 6) is -0.409. The van der Waals surface area contributed by atoms with E-state index in [9.17, 15) is 13.8 Å². The summed E-state index contributed by atoms with van der Waals surface area (Å²) in [6.45, 7) is 0. The maximum Gasteiger partial charge on any atom is 0.281 e. The van der Waals surface area contributed by atoms with Crippen LogP contribution in [0.15, 0.2) is 53.7 Å². The zero-order valence-corrected chi connectivity index (χ0v) is 9.69. The molecule has 3 nitrogen and oxygen atoms in total. The van der Waals surface area contributed by atoms with Crippen molar-refractivity contribution < 1.29 is 13.3 Å². The molecule has 1 aromatic carbocycles. The van der Waals surface area contributed by atoms with Gasteiger partial charge in [0.05, 0.1) is 5.75 Å². The van der Waals surface area contributed by atoms with Crippen molar-refractivity contribution in [3.63, 3.8) is 0 Å². The molecule has 1 heterocycles. The van der Waals surface area contributed by atoms with Crippen molar-refractivity contribution in [3.05, 3.63) is 65.2 Å². The fraction of sp³-hybridized carbons (Fsp3) is 0.0833. The normalized spacial score (nSPS) is 12.3. The lowest BCUT2D eigenvalue weighted by Crippen LogP contribution is -2.31. The summed E-state index contributed by atoms with van der Waals surface area (Å²) in [4.78, 5) is 0. The highest BCUT2D eigenvalue weighted by Crippen LogP contribution is 2.12. The van der Waals surface area contributed by atoms with Gasteiger partial charge in [-0.25, -0.2) is 8.60 Å². The van der Waals surface area contributed by atoms with Gasteiger partial charge in [-0.15, -0.1) is 0 Å². The average Bonchev–Trinajstić information content (AvgIpc) is 2.32. The van der Waals surface area contributed by atoms with Gasteiger partial charge in [-0.3, -0.25) is 0 Å². The van der Waals surface area contributed by atoms with E-state index in [1.54, 1.807) is 30.3 Å². The Morgan fingerprint density at radius 1 is 1.18 bits per heavy atom. The van der Waals surface area contributed by atoms with E-state index in [-0.39, 0.29) is 10.8 Å². The number of hydrogen-bond acceptors (Lipinski definition) is 2. The molecule has 88 valence electrons. The van der Waals surface area contributed by atoms with Crippen LogP contribution in [0.25, 0.3) is 0 Å². The van der Waals surface area contributed by atoms with E-state index in [4.69, 9.17) is 0 Å². The smallest absolute Gasteiger partial charge is 0.281 e. The molecule has 1 atom stereocenters. The lowest BCUT2D eigenvalue weighted by molar-refractivity contribution is -0.646. The van der Waals surface area contributed by atoms with E-state index >= 15 is 0 Å². The molecule has 0 N–H and O–H groups in total. The highest BCUT2D eigenvalue weighted by Gasteiger charge is 2.15. The van der Waals surface area contributed by atoms with Crippen LogP contribution in [0.5, 0.6) is 0 Å². The fourth-order valence-electron chi connectivity index (χ4n) is 1.42. The molecule has 0 saturated carbocycles. The third-order valence-electron chi connectivity index (χ3n) is 2.27. The van der Waals surface area contributed by atoms with Crippen LogP contribution >= 0.6 is 0 Å². The first-order chi connectivity index (χ1) is 8.18. The molecule has 5 heteroatoms. The Labute approximate surface area is 101 Å². The van der Waals surface area contributed by atoms with E-state index in [1.165, 1.54) is 18.3 Å². The van der Waals surface area contributed by atoms with Crippen LogP contribution in [0, 0.1) is 11.0 Å². The third kappa shape index (κ3) is 2.68. The standard InChI is InChI=1S/C12H10FNO2S/c13-11-6-2-1-5-10(11)9-17(16)12-7-3-4-8-14(12)15/h1-8H,9H2. The van der Waals surface area contributed by atoms with E-state index in [0.717, 1.165) is 0 Å². The molecular weight excluding hydrogens is 241 g/mol. The maximum atomic E-state index is 13.3. The van der Waals surface area contributed by atoms with Crippen LogP contribution in [0.3, 0.4) is 0 Å². The summed E-state index contributed by atoms with van der Waals surface area (Å²) >= 11 is 0. The Hall–Kier alpha value is -1.75. The largest absolute Gasteiger partial charge is 0.618 e. The summed E-state index contributed by atoms with van der Waals surface area (Å²) in [6.07, 6.45) is 1.27. The van der Waals surface area contributed by atoms with Crippen LogP contribution in [0.4, 0.5) is 4.39 Å². The minimum absolute atomic E-state index is 0.00106. The minimum Gasteiger partial charge on any atom is -0.618 e. The van der Waals surface area contributed by atoms with Crippen molar-refractivity contribution >= 4 is 10.8 Å². The maximum absolute atomic E-state index is 13.3. The number of hydrogen-bond donors (Lipinski definition) is 0. The van der Waals surface area contributed by atoms with Gasteiger partial charge < -0.3 is 5.21 Å². The summed E-state index contributed by atoms with van der Waals surface area (Å²) in [5.41, 5.74) is 0.342. The Morgan fingerprint density at radius 2 is 1.88 bits per heavy atom. The van der Waals surface area contributed by atoms with E-state index in [2.05, 4.69) is 0 Å². The third-order valence-corrected chi connectivity index (χ3v) is 3.62. The quantitative estimate of drug-likeness (QED) is 0.616. The first-order valence-corrected chi connectivity index (χ1v) is 6.30. The van der Waals surface area contributed by atoms with Gasteiger partial charge in [0.1, 0.15) is 16.6 Å². The van der Waals surface area contributed by atoms with Crippen LogP contribution in [-0.2, 0) is 16.6 Å². The molecule has 0 amide bonds. The van der Waals surface area contributed by atoms with Crippen molar-refractivity contribution in [2.45, 2.75) is 10.8 Å². The number of pyridine rings is 1. The second kappa shape index (κ2) is 5.05. The SMILES string of the molecule is O=S(Cc1ccccc1F)c1cccc[n+]1[O-]. The molecule has 0 aliphatic heterocycles. The summed E-state index contributed by atoms with van der Waals surface area (Å²) in [6, 6.07) is 10.8. The minimum atomic E-state index is -1.55. The molecule has 0 bridgehead atoms. The van der Waals surface area contributed by atoms with Crippen molar-refractivity contribution in [3.8, 4) is 0 Å². The van der Waals surface area contributed by atoms with Gasteiger partial charge in [-0.05, 0) is 12.1 Å². The summed E-state index contributed by atoms with van der Waals surface area (Å²) in [5, 5.41) is 11.5. The van der Waals surface area contributed by atoms with Gasteiger partial charge >= 0.3 is 0 Å². The van der Waals surface area contributed by atoms with E-state index in [1.807, 2.05) is 0 Å². The predicted octanol–water partition coefficient (Wildman–Crippen LogP) is 1.77. The number of nitrogens with zero attached hydrogens (tertiary/aromatic N) is 1. The van der Waals surface area contributed by atoms with Crippen molar-refractivity contribution in [2.24, 2.45) is 0 Å². The van der Waals surface area contributed by atoms with Crippen LogP contribution in [0.2, 0.25) is 0 Å². The lowest BCUT2D eigenvalue weighted by atomic mass is 10.2. The molecule has 0 aliphatic carbocycles. The molecule has 0 saturated heterocycles. The highest BCUT2D eigenvalue weighted by molar-refractivity contribution is 7.84. The molecule has 0 spiro atoms. The van der Waals surface area contributed by atoms with Crippen molar-refractivity contribution in [2.75, 3.05) is 0 Å². The first kappa shape index (κ1) is 11.7. The molecular formula is C12H10FNO2S. The predicted molar refractivity (Wildman–Crippen MR) is 61.9 cm³/mol. The van der Waals surface area contributed by atoms with Gasteiger partial charge in [0.2, 0.25) is 0 Å². The monoisotopic (exact) mass is 251 g/mol. The number of halogens is 1. The van der Waals surface area contributed by atoms with Crippen molar-refractivity contribution in [1.82, 2.24) is 0 Å². The number of aromatic nitrogens is 1. The molecule has 2 rings (SSSR count). The summed E-state index contributed by atoms with van der Waals surface area (Å²) < 4.78 is 25.8. The van der Waals surface area contributed by atoms with Gasteiger partial charge in [-0.1, -0.05) is 18.2 Å². The van der Waals surface area contributed by atoms with Crippen LogP contribution in [-0.4, -0.2) is 4.21 Å². The molecule has 1 aromatic heterocycles. The van der Waals surface area contributed by atoms with Gasteiger partial charge in [0, 0.05) is 17.7 Å². The zero-order valence-electron chi connectivity index (χ0n) is 8.88. The van der Waals surface area contributed by atoms with Gasteiger partial charge in [-0.2, -0.15) is 4.73 Å². The van der Waals surface area contributed by atoms with Gasteiger partial charge in [0.25, 0.3) is 5.03 Å². The molecule has 17 heavy (non-hydrogen) atoms. The topological polar surface area (TPSA) is 44.0 Å². The molecule has 1 unspecified atom stereocenters. The second-order valence-electron chi connectivity index (χ2n) is 3.45. The Kier molecular flexibility index (Phi) is 3.49. The van der Waals surface area contributed by atoms with E-state index < -0.39 is 16.6 Å². The van der Waals surface area contributed by atoms with Crippen LogP contribution < -0.4 is 4.73 Å². The molecule has 2 aromatic rings. The molecule has 0 aliphatic rings. The fourth-order valence-corrected chi connectivity index (χ4v) is 2.58. The Balaban J connectivity index is 2.24. The number of rotatable bonds is 3. The average molecular weight is 251 g/mol. The van der Waals surface area contributed by atoms with E-state index in [0.29, 0.717) is 10.3 Å². The lowest BCUT2D eigenvalue weighted by Gasteiger charge is -2.04. The zero-order chi connectivity index (χ0) is 12.3. The van der Waals surface area contributed by atoms with Crippen molar-refractivity contribution in [1.29, 1.82) is 0 Å². The number of benzene rings is 1. The van der Waals surface area contributed by atoms with Gasteiger partial charge in [0.15, 0.2) is 6.20 Å². The molecule has 0 radical (unpaired) electrons. The molecule has 0 fully saturated rings. The summed E-state index contributed by atoms with van der Waals surface area (Å²) in [7, 11) is -1.55. The Bertz CT molecular complexity index is 560. The Morgan fingerprint density at radius 3 is 2.59 bits per heavy atom. The second-order valence-corrected chi connectivity index (χ2v) is 4.84. The van der Waals surface area contributed by atoms with Crippen LogP contribution in [0.1, 0.15) is 5.56 Å².